The predicted molar refractivity (Wildman–Crippen MR) is 69.6 cm³/mol. The molecule has 5 nitrogen and oxygen atoms in total. The summed E-state index contributed by atoms with van der Waals surface area (Å²) in [4.78, 5) is 0. The van der Waals surface area contributed by atoms with Crippen LogP contribution in [-0.2, 0) is 15.9 Å². The predicted octanol–water partition coefficient (Wildman–Crippen LogP) is 0.563. The first-order chi connectivity index (χ1) is 8.21. The second kappa shape index (κ2) is 4.37. The molecule has 0 radical (unpaired) electrons. The minimum absolute atomic E-state index is 0.355. The Morgan fingerprint density at radius 3 is 2.39 bits per heavy atom. The fourth-order valence-electron chi connectivity index (χ4n) is 1.84. The average molecular weight is 252 g/mol. The highest BCUT2D eigenvalue weighted by Gasteiger charge is 2.52. The first-order valence-electron chi connectivity index (χ1n) is 6.28. The average Bonchev–Trinajstić information content (AvgIpc) is 2.70. The summed E-state index contributed by atoms with van der Waals surface area (Å²) in [6.45, 7) is 10.3. The van der Waals surface area contributed by atoms with E-state index >= 15 is 0 Å². The molecule has 1 fully saturated rings. The number of hydrogen-bond acceptors (Lipinski definition) is 4. The summed E-state index contributed by atoms with van der Waals surface area (Å²) >= 11 is 0. The maximum atomic E-state index is 9.32. The third-order valence-corrected chi connectivity index (χ3v) is 3.61. The van der Waals surface area contributed by atoms with Gasteiger partial charge in [0.05, 0.1) is 29.4 Å². The summed E-state index contributed by atoms with van der Waals surface area (Å²) in [5.41, 5.74) is 0.0338. The summed E-state index contributed by atoms with van der Waals surface area (Å²) in [6, 6.07) is 1.87. The standard InChI is InChI=1S/C12H21BN2O3/c1-9(16)8-15-7-6-10(14-15)13-17-11(2,3)12(4,5)18-13/h6-7,9,16H,8H2,1-5H3/t9-/m1/s1. The van der Waals surface area contributed by atoms with Crippen LogP contribution < -0.4 is 5.59 Å². The Balaban J connectivity index is 2.12. The molecular weight excluding hydrogens is 231 g/mol. The summed E-state index contributed by atoms with van der Waals surface area (Å²) in [7, 11) is -0.440. The fourth-order valence-corrected chi connectivity index (χ4v) is 1.84. The van der Waals surface area contributed by atoms with Crippen LogP contribution in [0.3, 0.4) is 0 Å². The van der Waals surface area contributed by atoms with Crippen molar-refractivity contribution in [1.82, 2.24) is 9.78 Å². The summed E-state index contributed by atoms with van der Waals surface area (Å²) < 4.78 is 13.5. The lowest BCUT2D eigenvalue weighted by Gasteiger charge is -2.32. The molecule has 1 aliphatic rings. The van der Waals surface area contributed by atoms with Crippen molar-refractivity contribution in [1.29, 1.82) is 0 Å². The molecule has 0 aromatic carbocycles. The highest BCUT2D eigenvalue weighted by atomic mass is 16.7. The largest absolute Gasteiger partial charge is 0.516 e. The zero-order chi connectivity index (χ0) is 13.6. The van der Waals surface area contributed by atoms with Gasteiger partial charge in [0.1, 0.15) is 0 Å². The number of aliphatic hydroxyl groups is 1. The lowest BCUT2D eigenvalue weighted by molar-refractivity contribution is 0.00578. The second-order valence-corrected chi connectivity index (χ2v) is 5.90. The number of aromatic nitrogens is 2. The second-order valence-electron chi connectivity index (χ2n) is 5.90. The van der Waals surface area contributed by atoms with Gasteiger partial charge < -0.3 is 14.4 Å². The van der Waals surface area contributed by atoms with Crippen molar-refractivity contribution in [2.45, 2.75) is 58.5 Å². The molecule has 0 spiro atoms. The molecule has 0 aliphatic carbocycles. The van der Waals surface area contributed by atoms with Crippen LogP contribution in [0.25, 0.3) is 0 Å². The topological polar surface area (TPSA) is 56.5 Å². The molecule has 2 heterocycles. The lowest BCUT2D eigenvalue weighted by Crippen LogP contribution is -2.41. The van der Waals surface area contributed by atoms with Gasteiger partial charge in [0.2, 0.25) is 0 Å². The third kappa shape index (κ3) is 2.46. The lowest BCUT2D eigenvalue weighted by atomic mass is 9.85. The smallest absolute Gasteiger partial charge is 0.398 e. The van der Waals surface area contributed by atoms with Crippen LogP contribution in [0.2, 0.25) is 0 Å². The summed E-state index contributed by atoms with van der Waals surface area (Å²) in [5, 5.41) is 13.7. The van der Waals surface area contributed by atoms with Gasteiger partial charge >= 0.3 is 7.12 Å². The van der Waals surface area contributed by atoms with E-state index in [1.807, 2.05) is 40.0 Å². The van der Waals surface area contributed by atoms with Gasteiger partial charge in [-0.2, -0.15) is 5.10 Å². The number of rotatable bonds is 3. The van der Waals surface area contributed by atoms with Gasteiger partial charge in [-0.25, -0.2) is 0 Å². The van der Waals surface area contributed by atoms with Gasteiger partial charge in [-0.1, -0.05) is 0 Å². The fraction of sp³-hybridized carbons (Fsp3) is 0.750. The zero-order valence-corrected chi connectivity index (χ0v) is 11.7. The SMILES string of the molecule is C[C@@H](O)Cn1ccc(B2OC(C)(C)C(C)(C)O2)n1. The molecule has 1 saturated heterocycles. The van der Waals surface area contributed by atoms with Gasteiger partial charge in [0.15, 0.2) is 0 Å². The number of aliphatic hydroxyl groups excluding tert-OH is 1. The van der Waals surface area contributed by atoms with Crippen molar-refractivity contribution >= 4 is 12.7 Å². The van der Waals surface area contributed by atoms with Crippen LogP contribution in [0.15, 0.2) is 12.3 Å². The van der Waals surface area contributed by atoms with E-state index in [1.165, 1.54) is 0 Å². The van der Waals surface area contributed by atoms with Gasteiger partial charge in [0.25, 0.3) is 0 Å². The van der Waals surface area contributed by atoms with Crippen molar-refractivity contribution in [3.63, 3.8) is 0 Å². The molecule has 2 rings (SSSR count). The Hall–Kier alpha value is -0.845. The highest BCUT2D eigenvalue weighted by Crippen LogP contribution is 2.36. The van der Waals surface area contributed by atoms with Gasteiger partial charge in [-0.3, -0.25) is 4.68 Å². The molecule has 1 aromatic rings. The van der Waals surface area contributed by atoms with Crippen LogP contribution in [0, 0.1) is 0 Å². The third-order valence-electron chi connectivity index (χ3n) is 3.61. The van der Waals surface area contributed by atoms with E-state index < -0.39 is 13.2 Å². The molecule has 1 N–H and O–H groups in total. The van der Waals surface area contributed by atoms with Crippen molar-refractivity contribution in [2.24, 2.45) is 0 Å². The van der Waals surface area contributed by atoms with Crippen LogP contribution in [0.1, 0.15) is 34.6 Å². The number of nitrogens with zero attached hydrogens (tertiary/aromatic N) is 2. The van der Waals surface area contributed by atoms with Crippen LogP contribution in [0.4, 0.5) is 0 Å². The number of hydrogen-bond donors (Lipinski definition) is 1. The summed E-state index contributed by atoms with van der Waals surface area (Å²) in [6.07, 6.45) is 1.41. The Kier molecular flexibility index (Phi) is 3.29. The van der Waals surface area contributed by atoms with Crippen molar-refractivity contribution in [3.05, 3.63) is 12.3 Å². The molecule has 1 atom stereocenters. The van der Waals surface area contributed by atoms with E-state index in [9.17, 15) is 5.11 Å². The van der Waals surface area contributed by atoms with Gasteiger partial charge in [-0.05, 0) is 40.7 Å². The van der Waals surface area contributed by atoms with Gasteiger partial charge in [0, 0.05) is 6.20 Å². The van der Waals surface area contributed by atoms with E-state index in [-0.39, 0.29) is 11.2 Å². The molecule has 1 aromatic heterocycles. The van der Waals surface area contributed by atoms with Crippen molar-refractivity contribution in [2.75, 3.05) is 0 Å². The maximum absolute atomic E-state index is 9.32. The van der Waals surface area contributed by atoms with E-state index in [0.29, 0.717) is 6.54 Å². The monoisotopic (exact) mass is 252 g/mol. The Morgan fingerprint density at radius 2 is 1.89 bits per heavy atom. The van der Waals surface area contributed by atoms with E-state index in [2.05, 4.69) is 5.10 Å². The first kappa shape index (κ1) is 13.6. The molecular formula is C12H21BN2O3. The van der Waals surface area contributed by atoms with Crippen LogP contribution >= 0.6 is 0 Å². The Morgan fingerprint density at radius 1 is 1.33 bits per heavy atom. The van der Waals surface area contributed by atoms with Crippen molar-refractivity contribution in [3.8, 4) is 0 Å². The molecule has 6 heteroatoms. The highest BCUT2D eigenvalue weighted by molar-refractivity contribution is 6.61. The molecule has 100 valence electrons. The molecule has 1 aliphatic heterocycles. The molecule has 0 bridgehead atoms. The minimum atomic E-state index is -0.440. The first-order valence-corrected chi connectivity index (χ1v) is 6.28. The van der Waals surface area contributed by atoms with Crippen molar-refractivity contribution < 1.29 is 14.4 Å². The Bertz CT molecular complexity index is 413. The van der Waals surface area contributed by atoms with E-state index in [1.54, 1.807) is 11.6 Å². The molecule has 0 unspecified atom stereocenters. The molecule has 0 amide bonds. The molecule has 18 heavy (non-hydrogen) atoms. The quantitative estimate of drug-likeness (QED) is 0.799. The zero-order valence-electron chi connectivity index (χ0n) is 11.7. The van der Waals surface area contributed by atoms with Crippen LogP contribution in [-0.4, -0.2) is 39.3 Å². The van der Waals surface area contributed by atoms with E-state index in [0.717, 1.165) is 5.59 Å². The Labute approximate surface area is 108 Å². The summed E-state index contributed by atoms with van der Waals surface area (Å²) in [5.74, 6) is 0. The van der Waals surface area contributed by atoms with E-state index in [4.69, 9.17) is 9.31 Å². The minimum Gasteiger partial charge on any atom is -0.398 e. The molecule has 0 saturated carbocycles. The normalized spacial score (nSPS) is 23.3. The van der Waals surface area contributed by atoms with Crippen LogP contribution in [0.5, 0.6) is 0 Å². The maximum Gasteiger partial charge on any atom is 0.516 e. The van der Waals surface area contributed by atoms with Gasteiger partial charge in [-0.15, -0.1) is 0 Å².